The third-order valence-electron chi connectivity index (χ3n) is 3.95. The van der Waals surface area contributed by atoms with E-state index in [-0.39, 0.29) is 0 Å². The molecule has 102 valence electrons. The largest absolute Gasteiger partial charge is 0.456 e. The number of nitrogens with one attached hydrogen (secondary N) is 1. The summed E-state index contributed by atoms with van der Waals surface area (Å²) >= 11 is 2.05. The molecule has 4 rings (SSSR count). The van der Waals surface area contributed by atoms with E-state index in [1.165, 1.54) is 28.6 Å². The van der Waals surface area contributed by atoms with Gasteiger partial charge in [-0.15, -0.1) is 0 Å². The SMILES string of the molecule is CC1CC(Nc2ccc3oc4ccccc4c3c2)CS1. The normalized spacial score (nSPS) is 22.6. The lowest BCUT2D eigenvalue weighted by atomic mass is 10.1. The summed E-state index contributed by atoms with van der Waals surface area (Å²) in [7, 11) is 0. The Bertz CT molecular complexity index is 764. The van der Waals surface area contributed by atoms with Crippen LogP contribution in [0, 0.1) is 0 Å². The molecule has 2 heterocycles. The zero-order valence-electron chi connectivity index (χ0n) is 11.4. The first-order chi connectivity index (χ1) is 9.79. The molecule has 2 aromatic carbocycles. The number of hydrogen-bond acceptors (Lipinski definition) is 3. The summed E-state index contributed by atoms with van der Waals surface area (Å²) in [5.41, 5.74) is 3.12. The van der Waals surface area contributed by atoms with Gasteiger partial charge in [0, 0.05) is 33.5 Å². The first kappa shape index (κ1) is 12.2. The molecule has 0 bridgehead atoms. The molecule has 3 heteroatoms. The highest BCUT2D eigenvalue weighted by Gasteiger charge is 2.21. The lowest BCUT2D eigenvalue weighted by Crippen LogP contribution is -2.18. The summed E-state index contributed by atoms with van der Waals surface area (Å²) in [6, 6.07) is 15.2. The zero-order valence-corrected chi connectivity index (χ0v) is 12.2. The Kier molecular flexibility index (Phi) is 2.88. The van der Waals surface area contributed by atoms with Gasteiger partial charge in [-0.3, -0.25) is 0 Å². The van der Waals surface area contributed by atoms with E-state index in [9.17, 15) is 0 Å². The molecule has 2 unspecified atom stereocenters. The van der Waals surface area contributed by atoms with E-state index < -0.39 is 0 Å². The van der Waals surface area contributed by atoms with Crippen LogP contribution in [0.3, 0.4) is 0 Å². The lowest BCUT2D eigenvalue weighted by molar-refractivity contribution is 0.669. The number of fused-ring (bicyclic) bond motifs is 3. The molecule has 20 heavy (non-hydrogen) atoms. The molecule has 1 aliphatic heterocycles. The maximum Gasteiger partial charge on any atom is 0.135 e. The minimum Gasteiger partial charge on any atom is -0.456 e. The van der Waals surface area contributed by atoms with Crippen LogP contribution in [0.5, 0.6) is 0 Å². The smallest absolute Gasteiger partial charge is 0.135 e. The van der Waals surface area contributed by atoms with E-state index in [1.807, 2.05) is 12.1 Å². The minimum atomic E-state index is 0.589. The summed E-state index contributed by atoms with van der Waals surface area (Å²) in [5, 5.41) is 6.82. The summed E-state index contributed by atoms with van der Waals surface area (Å²) in [6.45, 7) is 2.30. The number of para-hydroxylation sites is 1. The van der Waals surface area contributed by atoms with Gasteiger partial charge in [-0.1, -0.05) is 25.1 Å². The average Bonchev–Trinajstić information content (AvgIpc) is 3.02. The Hall–Kier alpha value is -1.61. The van der Waals surface area contributed by atoms with Crippen LogP contribution < -0.4 is 5.32 Å². The number of hydrogen-bond donors (Lipinski definition) is 1. The van der Waals surface area contributed by atoms with E-state index in [0.29, 0.717) is 6.04 Å². The van der Waals surface area contributed by atoms with Gasteiger partial charge in [0.15, 0.2) is 0 Å². The van der Waals surface area contributed by atoms with Gasteiger partial charge in [0.25, 0.3) is 0 Å². The van der Waals surface area contributed by atoms with Gasteiger partial charge in [-0.2, -0.15) is 11.8 Å². The van der Waals surface area contributed by atoms with Crippen molar-refractivity contribution in [2.24, 2.45) is 0 Å². The Morgan fingerprint density at radius 1 is 1.10 bits per heavy atom. The molecule has 2 nitrogen and oxygen atoms in total. The first-order valence-corrected chi connectivity index (χ1v) is 8.14. The predicted octanol–water partition coefficient (Wildman–Crippen LogP) is 4.89. The predicted molar refractivity (Wildman–Crippen MR) is 87.7 cm³/mol. The summed E-state index contributed by atoms with van der Waals surface area (Å²) in [6.07, 6.45) is 1.24. The number of furan rings is 1. The highest BCUT2D eigenvalue weighted by molar-refractivity contribution is 8.00. The monoisotopic (exact) mass is 283 g/mol. The zero-order chi connectivity index (χ0) is 13.5. The van der Waals surface area contributed by atoms with Gasteiger partial charge < -0.3 is 9.73 Å². The van der Waals surface area contributed by atoms with E-state index in [2.05, 4.69) is 54.3 Å². The Morgan fingerprint density at radius 3 is 2.80 bits per heavy atom. The first-order valence-electron chi connectivity index (χ1n) is 7.09. The Labute approximate surface area is 122 Å². The van der Waals surface area contributed by atoms with Crippen LogP contribution in [0.25, 0.3) is 21.9 Å². The number of thioether (sulfide) groups is 1. The summed E-state index contributed by atoms with van der Waals surface area (Å²) in [5.74, 6) is 1.20. The Morgan fingerprint density at radius 2 is 1.95 bits per heavy atom. The van der Waals surface area contributed by atoms with Crippen LogP contribution in [-0.2, 0) is 0 Å². The van der Waals surface area contributed by atoms with Gasteiger partial charge in [0.05, 0.1) is 0 Å². The highest BCUT2D eigenvalue weighted by atomic mass is 32.2. The highest BCUT2D eigenvalue weighted by Crippen LogP contribution is 2.32. The summed E-state index contributed by atoms with van der Waals surface area (Å²) in [4.78, 5) is 0. The topological polar surface area (TPSA) is 25.2 Å². The van der Waals surface area contributed by atoms with Crippen molar-refractivity contribution in [3.8, 4) is 0 Å². The molecule has 0 radical (unpaired) electrons. The van der Waals surface area contributed by atoms with E-state index >= 15 is 0 Å². The van der Waals surface area contributed by atoms with Crippen molar-refractivity contribution in [3.05, 3.63) is 42.5 Å². The molecular weight excluding hydrogens is 266 g/mol. The van der Waals surface area contributed by atoms with E-state index in [1.54, 1.807) is 0 Å². The van der Waals surface area contributed by atoms with Crippen molar-refractivity contribution in [1.82, 2.24) is 0 Å². The van der Waals surface area contributed by atoms with Crippen molar-refractivity contribution in [3.63, 3.8) is 0 Å². The molecule has 1 saturated heterocycles. The van der Waals surface area contributed by atoms with Crippen LogP contribution in [0.15, 0.2) is 46.9 Å². The third kappa shape index (κ3) is 2.06. The van der Waals surface area contributed by atoms with Gasteiger partial charge in [0.2, 0.25) is 0 Å². The quantitative estimate of drug-likeness (QED) is 0.724. The van der Waals surface area contributed by atoms with Crippen LogP contribution in [0.4, 0.5) is 5.69 Å². The molecule has 0 amide bonds. The lowest BCUT2D eigenvalue weighted by Gasteiger charge is -2.13. The number of benzene rings is 2. The van der Waals surface area contributed by atoms with Crippen molar-refractivity contribution >= 4 is 39.4 Å². The third-order valence-corrected chi connectivity index (χ3v) is 5.30. The number of rotatable bonds is 2. The van der Waals surface area contributed by atoms with Crippen molar-refractivity contribution in [2.45, 2.75) is 24.6 Å². The molecule has 0 spiro atoms. The molecule has 1 N–H and O–H groups in total. The van der Waals surface area contributed by atoms with Gasteiger partial charge in [-0.05, 0) is 30.7 Å². The molecule has 3 aromatic rings. The molecule has 2 atom stereocenters. The summed E-state index contributed by atoms with van der Waals surface area (Å²) < 4.78 is 5.86. The van der Waals surface area contributed by atoms with Gasteiger partial charge in [0.1, 0.15) is 11.2 Å². The molecule has 1 aromatic heterocycles. The number of anilines is 1. The van der Waals surface area contributed by atoms with Crippen LogP contribution >= 0.6 is 11.8 Å². The molecule has 0 saturated carbocycles. The fraction of sp³-hybridized carbons (Fsp3) is 0.294. The molecular formula is C17H17NOS. The maximum absolute atomic E-state index is 5.86. The van der Waals surface area contributed by atoms with Crippen molar-refractivity contribution in [2.75, 3.05) is 11.1 Å². The fourth-order valence-electron chi connectivity index (χ4n) is 2.97. The standard InChI is InChI=1S/C17H17NOS/c1-11-8-13(10-20-11)18-12-6-7-17-15(9-12)14-4-2-3-5-16(14)19-17/h2-7,9,11,13,18H,8,10H2,1H3. The van der Waals surface area contributed by atoms with Crippen LogP contribution in [-0.4, -0.2) is 17.0 Å². The molecule has 1 fully saturated rings. The second-order valence-electron chi connectivity index (χ2n) is 5.53. The Balaban J connectivity index is 1.72. The van der Waals surface area contributed by atoms with Gasteiger partial charge >= 0.3 is 0 Å². The average molecular weight is 283 g/mol. The second-order valence-corrected chi connectivity index (χ2v) is 7.00. The van der Waals surface area contributed by atoms with E-state index in [4.69, 9.17) is 4.42 Å². The minimum absolute atomic E-state index is 0.589. The molecule has 1 aliphatic rings. The molecule has 0 aliphatic carbocycles. The second kappa shape index (κ2) is 4.74. The van der Waals surface area contributed by atoms with Crippen LogP contribution in [0.2, 0.25) is 0 Å². The maximum atomic E-state index is 5.86. The van der Waals surface area contributed by atoms with Crippen molar-refractivity contribution < 1.29 is 4.42 Å². The van der Waals surface area contributed by atoms with Crippen molar-refractivity contribution in [1.29, 1.82) is 0 Å². The van der Waals surface area contributed by atoms with E-state index in [0.717, 1.165) is 16.4 Å². The van der Waals surface area contributed by atoms with Crippen LogP contribution in [0.1, 0.15) is 13.3 Å². The van der Waals surface area contributed by atoms with Gasteiger partial charge in [-0.25, -0.2) is 0 Å². The fourth-order valence-corrected chi connectivity index (χ4v) is 4.12.